The van der Waals surface area contributed by atoms with Gasteiger partial charge in [0.25, 0.3) is 0 Å². The maximum absolute atomic E-state index is 12.7. The number of anilines is 1. The van der Waals surface area contributed by atoms with E-state index >= 15 is 0 Å². The number of carbonyl (C=O) groups excluding carboxylic acids is 1. The topological polar surface area (TPSA) is 38.3 Å². The molecule has 4 saturated carbocycles. The van der Waals surface area contributed by atoms with Crippen molar-refractivity contribution in [2.24, 2.45) is 23.7 Å². The summed E-state index contributed by atoms with van der Waals surface area (Å²) < 4.78 is 5.25. The van der Waals surface area contributed by atoms with Crippen molar-refractivity contribution >= 4 is 11.7 Å². The lowest BCUT2D eigenvalue weighted by Gasteiger charge is -2.59. The third kappa shape index (κ3) is 1.90. The second-order valence-corrected chi connectivity index (χ2v) is 7.16. The molecule has 0 amide bonds. The molecule has 0 heterocycles. The van der Waals surface area contributed by atoms with Crippen LogP contribution in [-0.2, 0) is 9.53 Å². The maximum atomic E-state index is 12.7. The Labute approximate surface area is 126 Å². The van der Waals surface area contributed by atoms with E-state index in [0.29, 0.717) is 11.8 Å². The fraction of sp³-hybridized carbons (Fsp3) is 0.611. The molecule has 0 saturated heterocycles. The molecule has 0 atom stereocenters. The van der Waals surface area contributed by atoms with Gasteiger partial charge in [0, 0.05) is 5.69 Å². The van der Waals surface area contributed by atoms with Crippen molar-refractivity contribution in [1.82, 2.24) is 0 Å². The molecule has 5 rings (SSSR count). The number of hydrogen-bond acceptors (Lipinski definition) is 3. The Balaban J connectivity index is 1.73. The van der Waals surface area contributed by atoms with Crippen LogP contribution >= 0.6 is 0 Å². The molecule has 4 bridgehead atoms. The Morgan fingerprint density at radius 3 is 2.14 bits per heavy atom. The average Bonchev–Trinajstić information content (AvgIpc) is 2.50. The Morgan fingerprint density at radius 2 is 1.62 bits per heavy atom. The molecule has 0 aliphatic heterocycles. The van der Waals surface area contributed by atoms with Gasteiger partial charge in [0.15, 0.2) is 0 Å². The fourth-order valence-electron chi connectivity index (χ4n) is 5.45. The summed E-state index contributed by atoms with van der Waals surface area (Å²) in [6, 6.07) is 10.1. The molecule has 0 aromatic heterocycles. The molecule has 4 aliphatic carbocycles. The van der Waals surface area contributed by atoms with Crippen molar-refractivity contribution in [3.63, 3.8) is 0 Å². The molecule has 112 valence electrons. The number of methoxy groups -OCH3 is 1. The molecule has 0 spiro atoms. The van der Waals surface area contributed by atoms with Crippen LogP contribution in [0.1, 0.15) is 32.1 Å². The highest BCUT2D eigenvalue weighted by Crippen LogP contribution is 2.59. The minimum Gasteiger partial charge on any atom is -0.467 e. The molecule has 3 nitrogen and oxygen atoms in total. The Hall–Kier alpha value is -1.51. The summed E-state index contributed by atoms with van der Waals surface area (Å²) in [5.41, 5.74) is 0.541. The third-order valence-corrected chi connectivity index (χ3v) is 6.07. The molecule has 0 unspecified atom stereocenters. The van der Waals surface area contributed by atoms with Crippen LogP contribution < -0.4 is 5.32 Å². The van der Waals surface area contributed by atoms with E-state index in [-0.39, 0.29) is 5.97 Å². The Morgan fingerprint density at radius 1 is 1.05 bits per heavy atom. The molecule has 4 fully saturated rings. The highest BCUT2D eigenvalue weighted by Gasteiger charge is 2.61. The number of nitrogens with one attached hydrogen (secondary N) is 1. The largest absolute Gasteiger partial charge is 0.467 e. The van der Waals surface area contributed by atoms with Crippen LogP contribution in [0.5, 0.6) is 0 Å². The summed E-state index contributed by atoms with van der Waals surface area (Å²) in [7, 11) is 1.53. The first-order valence-electron chi connectivity index (χ1n) is 8.14. The van der Waals surface area contributed by atoms with Gasteiger partial charge in [-0.1, -0.05) is 18.2 Å². The number of benzene rings is 1. The van der Waals surface area contributed by atoms with Gasteiger partial charge in [0.1, 0.15) is 5.54 Å². The first-order chi connectivity index (χ1) is 10.2. The number of carbonyl (C=O) groups is 1. The van der Waals surface area contributed by atoms with E-state index in [0.717, 1.165) is 17.5 Å². The smallest absolute Gasteiger partial charge is 0.332 e. The summed E-state index contributed by atoms with van der Waals surface area (Å²) in [5, 5.41) is 3.61. The minimum atomic E-state index is -0.497. The molecule has 1 aromatic rings. The highest BCUT2D eigenvalue weighted by molar-refractivity contribution is 5.86. The van der Waals surface area contributed by atoms with Gasteiger partial charge < -0.3 is 10.1 Å². The molecule has 1 aromatic carbocycles. The summed E-state index contributed by atoms with van der Waals surface area (Å²) in [4.78, 5) is 12.7. The number of hydrogen-bond donors (Lipinski definition) is 1. The normalized spacial score (nSPS) is 40.0. The van der Waals surface area contributed by atoms with Crippen molar-refractivity contribution in [3.05, 3.63) is 30.3 Å². The summed E-state index contributed by atoms with van der Waals surface area (Å²) in [5.74, 6) is 2.48. The average molecular weight is 285 g/mol. The monoisotopic (exact) mass is 285 g/mol. The highest BCUT2D eigenvalue weighted by atomic mass is 16.5. The summed E-state index contributed by atoms with van der Waals surface area (Å²) in [6.07, 6.45) is 6.11. The van der Waals surface area contributed by atoms with Crippen LogP contribution in [0.3, 0.4) is 0 Å². The third-order valence-electron chi connectivity index (χ3n) is 6.07. The number of esters is 1. The van der Waals surface area contributed by atoms with Crippen LogP contribution in [0.15, 0.2) is 30.3 Å². The molecule has 4 aliphatic rings. The first-order valence-corrected chi connectivity index (χ1v) is 8.14. The van der Waals surface area contributed by atoms with Crippen molar-refractivity contribution in [2.45, 2.75) is 37.6 Å². The van der Waals surface area contributed by atoms with E-state index in [1.165, 1.54) is 39.2 Å². The van der Waals surface area contributed by atoms with E-state index in [1.54, 1.807) is 0 Å². The van der Waals surface area contributed by atoms with E-state index < -0.39 is 5.54 Å². The fourth-order valence-corrected chi connectivity index (χ4v) is 5.45. The van der Waals surface area contributed by atoms with Crippen LogP contribution in [0.4, 0.5) is 5.69 Å². The van der Waals surface area contributed by atoms with Crippen molar-refractivity contribution in [3.8, 4) is 0 Å². The molecule has 0 radical (unpaired) electrons. The molecule has 1 N–H and O–H groups in total. The zero-order valence-electron chi connectivity index (χ0n) is 12.5. The van der Waals surface area contributed by atoms with Crippen LogP contribution in [0, 0.1) is 23.7 Å². The first kappa shape index (κ1) is 13.2. The molecule has 21 heavy (non-hydrogen) atoms. The molecule has 3 heteroatoms. The van der Waals surface area contributed by atoms with Gasteiger partial charge in [-0.25, -0.2) is 4.79 Å². The lowest BCUT2D eigenvalue weighted by atomic mass is 9.48. The Kier molecular flexibility index (Phi) is 2.98. The van der Waals surface area contributed by atoms with Crippen molar-refractivity contribution in [1.29, 1.82) is 0 Å². The Bertz CT molecular complexity index is 511. The predicted molar refractivity (Wildman–Crippen MR) is 81.9 cm³/mol. The van der Waals surface area contributed by atoms with Gasteiger partial charge in [-0.05, 0) is 67.9 Å². The standard InChI is InChI=1S/C18H23NO2/c1-21-17(20)18(19-16-5-3-2-4-6-16)14-8-12-7-13(10-14)11-15(18)9-12/h2-6,12-15,19H,7-11H2,1H3. The van der Waals surface area contributed by atoms with Gasteiger partial charge in [-0.3, -0.25) is 0 Å². The summed E-state index contributed by atoms with van der Waals surface area (Å²) in [6.45, 7) is 0. The summed E-state index contributed by atoms with van der Waals surface area (Å²) >= 11 is 0. The second-order valence-electron chi connectivity index (χ2n) is 7.16. The van der Waals surface area contributed by atoms with E-state index in [9.17, 15) is 4.79 Å². The second kappa shape index (κ2) is 4.75. The van der Waals surface area contributed by atoms with Gasteiger partial charge in [0.05, 0.1) is 7.11 Å². The zero-order valence-corrected chi connectivity index (χ0v) is 12.5. The number of para-hydroxylation sites is 1. The van der Waals surface area contributed by atoms with E-state index in [2.05, 4.69) is 17.4 Å². The maximum Gasteiger partial charge on any atom is 0.332 e. The zero-order chi connectivity index (χ0) is 14.4. The van der Waals surface area contributed by atoms with Crippen LogP contribution in [0.25, 0.3) is 0 Å². The lowest BCUT2D eigenvalue weighted by Crippen LogP contribution is -2.66. The van der Waals surface area contributed by atoms with E-state index in [4.69, 9.17) is 4.74 Å². The van der Waals surface area contributed by atoms with Crippen molar-refractivity contribution in [2.75, 3.05) is 12.4 Å². The SMILES string of the molecule is COC(=O)C1(Nc2ccccc2)C2CC3CC(C2)CC1C3. The van der Waals surface area contributed by atoms with Gasteiger partial charge in [-0.2, -0.15) is 0 Å². The molecular weight excluding hydrogens is 262 g/mol. The minimum absolute atomic E-state index is 0.0554. The lowest BCUT2D eigenvalue weighted by molar-refractivity contribution is -0.161. The van der Waals surface area contributed by atoms with E-state index in [1.807, 2.05) is 18.2 Å². The quantitative estimate of drug-likeness (QED) is 0.864. The van der Waals surface area contributed by atoms with Crippen molar-refractivity contribution < 1.29 is 9.53 Å². The van der Waals surface area contributed by atoms with Gasteiger partial charge in [0.2, 0.25) is 0 Å². The van der Waals surface area contributed by atoms with Gasteiger partial charge >= 0.3 is 5.97 Å². The number of rotatable bonds is 3. The van der Waals surface area contributed by atoms with Crippen LogP contribution in [-0.4, -0.2) is 18.6 Å². The number of ether oxygens (including phenoxy) is 1. The van der Waals surface area contributed by atoms with Crippen LogP contribution in [0.2, 0.25) is 0 Å². The predicted octanol–water partition coefficient (Wildman–Crippen LogP) is 3.47. The molecular formula is C18H23NO2. The van der Waals surface area contributed by atoms with Gasteiger partial charge in [-0.15, -0.1) is 0 Å².